The number of primary amides is 1. The van der Waals surface area contributed by atoms with Gasteiger partial charge < -0.3 is 20.7 Å². The van der Waals surface area contributed by atoms with Crippen LogP contribution in [-0.4, -0.2) is 56.7 Å². The average Bonchev–Trinajstić information content (AvgIpc) is 2.28. The van der Waals surface area contributed by atoms with Gasteiger partial charge in [0, 0.05) is 20.2 Å². The summed E-state index contributed by atoms with van der Waals surface area (Å²) < 4.78 is 5.03. The van der Waals surface area contributed by atoms with Crippen LogP contribution in [-0.2, 0) is 9.53 Å². The van der Waals surface area contributed by atoms with Gasteiger partial charge in [-0.05, 0) is 26.9 Å². The summed E-state index contributed by atoms with van der Waals surface area (Å²) in [4.78, 5) is 13.5. The third kappa shape index (κ3) is 4.92. The van der Waals surface area contributed by atoms with Crippen LogP contribution in [0.15, 0.2) is 0 Å². The molecule has 1 atom stereocenters. The zero-order chi connectivity index (χ0) is 12.6. The fourth-order valence-electron chi connectivity index (χ4n) is 1.40. The Labute approximate surface area is 98.3 Å². The lowest BCUT2D eigenvalue weighted by molar-refractivity contribution is -0.124. The van der Waals surface area contributed by atoms with E-state index in [0.717, 1.165) is 19.6 Å². The van der Waals surface area contributed by atoms with E-state index in [1.807, 2.05) is 6.92 Å². The van der Waals surface area contributed by atoms with Gasteiger partial charge in [-0.3, -0.25) is 4.79 Å². The van der Waals surface area contributed by atoms with E-state index in [-0.39, 0.29) is 5.91 Å². The third-order valence-electron chi connectivity index (χ3n) is 3.08. The Morgan fingerprint density at radius 2 is 2.12 bits per heavy atom. The molecule has 5 heteroatoms. The van der Waals surface area contributed by atoms with Crippen molar-refractivity contribution >= 4 is 5.91 Å². The Morgan fingerprint density at radius 3 is 2.50 bits per heavy atom. The first-order chi connectivity index (χ1) is 7.50. The van der Waals surface area contributed by atoms with Crippen LogP contribution in [0.1, 0.15) is 20.3 Å². The molecule has 0 heterocycles. The van der Waals surface area contributed by atoms with E-state index in [0.29, 0.717) is 13.0 Å². The summed E-state index contributed by atoms with van der Waals surface area (Å²) in [5, 5.41) is 2.98. The molecule has 0 saturated carbocycles. The van der Waals surface area contributed by atoms with Crippen LogP contribution >= 0.6 is 0 Å². The Morgan fingerprint density at radius 1 is 1.50 bits per heavy atom. The van der Waals surface area contributed by atoms with Crippen LogP contribution in [0.4, 0.5) is 0 Å². The number of nitrogens with two attached hydrogens (primary N) is 1. The first-order valence-electron chi connectivity index (χ1n) is 5.70. The number of carbonyl (C=O) groups is 1. The first-order valence-corrected chi connectivity index (χ1v) is 5.70. The lowest BCUT2D eigenvalue weighted by atomic mass is 9.97. The fourth-order valence-corrected chi connectivity index (χ4v) is 1.40. The van der Waals surface area contributed by atoms with Crippen molar-refractivity contribution in [3.8, 4) is 0 Å². The van der Waals surface area contributed by atoms with Crippen LogP contribution in [0, 0.1) is 0 Å². The van der Waals surface area contributed by atoms with Gasteiger partial charge in [0.1, 0.15) is 0 Å². The number of ether oxygens (including phenoxy) is 1. The maximum Gasteiger partial charge on any atom is 0.237 e. The molecular formula is C11H25N3O2. The van der Waals surface area contributed by atoms with Crippen molar-refractivity contribution in [1.82, 2.24) is 10.2 Å². The second kappa shape index (κ2) is 7.60. The van der Waals surface area contributed by atoms with E-state index in [1.165, 1.54) is 0 Å². The molecule has 96 valence electrons. The van der Waals surface area contributed by atoms with Crippen molar-refractivity contribution in [3.05, 3.63) is 0 Å². The number of amides is 1. The van der Waals surface area contributed by atoms with E-state index in [1.54, 1.807) is 14.2 Å². The molecule has 5 nitrogen and oxygen atoms in total. The summed E-state index contributed by atoms with van der Waals surface area (Å²) in [7, 11) is 3.45. The summed E-state index contributed by atoms with van der Waals surface area (Å²) >= 11 is 0. The molecule has 0 bridgehead atoms. The molecule has 0 radical (unpaired) electrons. The van der Waals surface area contributed by atoms with Crippen LogP contribution < -0.4 is 11.1 Å². The zero-order valence-electron chi connectivity index (χ0n) is 10.9. The summed E-state index contributed by atoms with van der Waals surface area (Å²) in [5.41, 5.74) is 4.74. The number of carbonyl (C=O) groups excluding carboxylic acids is 1. The topological polar surface area (TPSA) is 67.6 Å². The van der Waals surface area contributed by atoms with E-state index in [2.05, 4.69) is 17.1 Å². The molecule has 1 amide bonds. The molecule has 0 aliphatic rings. The maximum atomic E-state index is 11.3. The monoisotopic (exact) mass is 231 g/mol. The molecule has 0 fully saturated rings. The minimum Gasteiger partial charge on any atom is -0.383 e. The summed E-state index contributed by atoms with van der Waals surface area (Å²) in [5.74, 6) is -0.308. The lowest BCUT2D eigenvalue weighted by Crippen LogP contribution is -2.53. The summed E-state index contributed by atoms with van der Waals surface area (Å²) in [6.45, 7) is 7.30. The number of nitrogens with zero attached hydrogens (tertiary/aromatic N) is 1. The molecule has 0 aromatic rings. The van der Waals surface area contributed by atoms with Crippen molar-refractivity contribution in [1.29, 1.82) is 0 Å². The van der Waals surface area contributed by atoms with E-state index in [4.69, 9.17) is 10.5 Å². The minimum absolute atomic E-state index is 0.308. The Balaban J connectivity index is 4.12. The van der Waals surface area contributed by atoms with Crippen molar-refractivity contribution in [2.24, 2.45) is 5.73 Å². The smallest absolute Gasteiger partial charge is 0.237 e. The van der Waals surface area contributed by atoms with Gasteiger partial charge in [0.05, 0.1) is 12.1 Å². The highest BCUT2D eigenvalue weighted by atomic mass is 16.5. The van der Waals surface area contributed by atoms with Gasteiger partial charge in [-0.2, -0.15) is 0 Å². The van der Waals surface area contributed by atoms with Crippen LogP contribution in [0.5, 0.6) is 0 Å². The van der Waals surface area contributed by atoms with Gasteiger partial charge in [-0.25, -0.2) is 0 Å². The molecule has 0 aromatic carbocycles. The van der Waals surface area contributed by atoms with Gasteiger partial charge >= 0.3 is 0 Å². The van der Waals surface area contributed by atoms with Gasteiger partial charge in [0.2, 0.25) is 5.91 Å². The molecule has 0 aromatic heterocycles. The number of hydrogen-bond donors (Lipinski definition) is 2. The number of nitrogens with one attached hydrogen (secondary N) is 1. The largest absolute Gasteiger partial charge is 0.383 e. The van der Waals surface area contributed by atoms with Crippen molar-refractivity contribution < 1.29 is 9.53 Å². The van der Waals surface area contributed by atoms with Gasteiger partial charge in [0.15, 0.2) is 0 Å². The molecule has 0 aliphatic carbocycles. The van der Waals surface area contributed by atoms with Crippen LogP contribution in [0.3, 0.4) is 0 Å². The summed E-state index contributed by atoms with van der Waals surface area (Å²) in [6, 6.07) is 0. The number of hydrogen-bond acceptors (Lipinski definition) is 4. The van der Waals surface area contributed by atoms with Gasteiger partial charge in [0.25, 0.3) is 0 Å². The van der Waals surface area contributed by atoms with E-state index in [9.17, 15) is 4.79 Å². The standard InChI is InChI=1S/C11H25N3O2/c1-5-14(8-9-16-4)7-6-11(2,13-3)10(12)15/h13H,5-9H2,1-4H3,(H2,12,15). The second-order valence-electron chi connectivity index (χ2n) is 4.12. The van der Waals surface area contributed by atoms with E-state index < -0.39 is 5.54 Å². The highest BCUT2D eigenvalue weighted by molar-refractivity contribution is 5.84. The van der Waals surface area contributed by atoms with Crippen molar-refractivity contribution in [2.75, 3.05) is 40.4 Å². The van der Waals surface area contributed by atoms with Gasteiger partial charge in [-0.1, -0.05) is 6.92 Å². The molecule has 1 unspecified atom stereocenters. The zero-order valence-corrected chi connectivity index (χ0v) is 10.9. The number of methoxy groups -OCH3 is 1. The fraction of sp³-hybridized carbons (Fsp3) is 0.909. The molecule has 0 rings (SSSR count). The first kappa shape index (κ1) is 15.3. The maximum absolute atomic E-state index is 11.3. The molecule has 3 N–H and O–H groups in total. The Bertz CT molecular complexity index is 211. The highest BCUT2D eigenvalue weighted by Gasteiger charge is 2.28. The number of likely N-dealkylation sites (N-methyl/N-ethyl adjacent to an activating group) is 2. The number of rotatable bonds is 9. The predicted molar refractivity (Wildman–Crippen MR) is 65.3 cm³/mol. The molecule has 16 heavy (non-hydrogen) atoms. The normalized spacial score (nSPS) is 15.1. The molecule has 0 spiro atoms. The van der Waals surface area contributed by atoms with Crippen molar-refractivity contribution in [3.63, 3.8) is 0 Å². The molecular weight excluding hydrogens is 206 g/mol. The predicted octanol–water partition coefficient (Wildman–Crippen LogP) is -0.192. The SMILES string of the molecule is CCN(CCOC)CCC(C)(NC)C(N)=O. The van der Waals surface area contributed by atoms with Crippen LogP contribution in [0.2, 0.25) is 0 Å². The lowest BCUT2D eigenvalue weighted by Gasteiger charge is -2.29. The second-order valence-corrected chi connectivity index (χ2v) is 4.12. The Hall–Kier alpha value is -0.650. The minimum atomic E-state index is -0.625. The van der Waals surface area contributed by atoms with Crippen LogP contribution in [0.25, 0.3) is 0 Å². The molecule has 0 aliphatic heterocycles. The quantitative estimate of drug-likeness (QED) is 0.577. The summed E-state index contributed by atoms with van der Waals surface area (Å²) in [6.07, 6.45) is 0.705. The third-order valence-corrected chi connectivity index (χ3v) is 3.08. The Kier molecular flexibility index (Phi) is 7.29. The van der Waals surface area contributed by atoms with Crippen molar-refractivity contribution in [2.45, 2.75) is 25.8 Å². The van der Waals surface area contributed by atoms with E-state index >= 15 is 0 Å². The van der Waals surface area contributed by atoms with Gasteiger partial charge in [-0.15, -0.1) is 0 Å². The average molecular weight is 231 g/mol. The molecule has 0 saturated heterocycles. The highest BCUT2D eigenvalue weighted by Crippen LogP contribution is 2.09.